The van der Waals surface area contributed by atoms with Gasteiger partial charge in [0.15, 0.2) is 0 Å². The molecule has 0 N–H and O–H groups in total. The monoisotopic (exact) mass is 201 g/mol. The molecule has 2 heteroatoms. The lowest BCUT2D eigenvalue weighted by Gasteiger charge is -2.18. The van der Waals surface area contributed by atoms with Gasteiger partial charge in [-0.1, -0.05) is 30.3 Å². The fourth-order valence-electron chi connectivity index (χ4n) is 2.83. The van der Waals surface area contributed by atoms with Gasteiger partial charge in [0.05, 0.1) is 0 Å². The fourth-order valence-corrected chi connectivity index (χ4v) is 2.83. The third-order valence-corrected chi connectivity index (χ3v) is 3.74. The summed E-state index contributed by atoms with van der Waals surface area (Å²) in [6, 6.07) is 10.6. The highest BCUT2D eigenvalue weighted by atomic mass is 16.1. The molecular formula is C13H15NO. The van der Waals surface area contributed by atoms with E-state index in [9.17, 15) is 4.79 Å². The van der Waals surface area contributed by atoms with E-state index in [0.717, 1.165) is 25.9 Å². The Morgan fingerprint density at radius 3 is 2.47 bits per heavy atom. The summed E-state index contributed by atoms with van der Waals surface area (Å²) in [6.07, 6.45) is 1.15. The molecule has 0 amide bonds. The number of rotatable bonds is 3. The van der Waals surface area contributed by atoms with Crippen molar-refractivity contribution in [2.45, 2.75) is 6.54 Å². The van der Waals surface area contributed by atoms with Crippen LogP contribution in [0.5, 0.6) is 0 Å². The summed E-state index contributed by atoms with van der Waals surface area (Å²) in [4.78, 5) is 13.1. The van der Waals surface area contributed by atoms with E-state index in [1.54, 1.807) is 0 Å². The van der Waals surface area contributed by atoms with Crippen molar-refractivity contribution in [3.63, 3.8) is 0 Å². The molecule has 1 aromatic rings. The van der Waals surface area contributed by atoms with Crippen LogP contribution in [0.2, 0.25) is 0 Å². The van der Waals surface area contributed by atoms with Crippen molar-refractivity contribution in [2.24, 2.45) is 17.8 Å². The largest absolute Gasteiger partial charge is 0.303 e. The number of carbonyl (C=O) groups is 1. The van der Waals surface area contributed by atoms with Crippen molar-refractivity contribution in [1.82, 2.24) is 4.90 Å². The minimum atomic E-state index is 0.386. The highest BCUT2D eigenvalue weighted by Crippen LogP contribution is 2.50. The molecule has 1 heterocycles. The molecule has 0 bridgehead atoms. The normalized spacial score (nSPS) is 33.7. The Morgan fingerprint density at radius 1 is 1.20 bits per heavy atom. The van der Waals surface area contributed by atoms with E-state index in [-0.39, 0.29) is 0 Å². The van der Waals surface area contributed by atoms with E-state index in [4.69, 9.17) is 0 Å². The molecule has 2 aliphatic rings. The summed E-state index contributed by atoms with van der Waals surface area (Å²) in [7, 11) is 0. The molecule has 0 spiro atoms. The zero-order valence-corrected chi connectivity index (χ0v) is 8.67. The van der Waals surface area contributed by atoms with Crippen molar-refractivity contribution in [1.29, 1.82) is 0 Å². The highest BCUT2D eigenvalue weighted by molar-refractivity contribution is 5.60. The van der Waals surface area contributed by atoms with Crippen molar-refractivity contribution >= 4 is 6.29 Å². The molecule has 15 heavy (non-hydrogen) atoms. The van der Waals surface area contributed by atoms with E-state index >= 15 is 0 Å². The first kappa shape index (κ1) is 9.10. The van der Waals surface area contributed by atoms with Crippen molar-refractivity contribution in [2.75, 3.05) is 13.1 Å². The number of likely N-dealkylation sites (tertiary alicyclic amines) is 1. The lowest BCUT2D eigenvalue weighted by atomic mass is 10.2. The summed E-state index contributed by atoms with van der Waals surface area (Å²) in [5.74, 6) is 1.73. The maximum absolute atomic E-state index is 10.6. The Kier molecular flexibility index (Phi) is 2.10. The van der Waals surface area contributed by atoms with Gasteiger partial charge in [-0.15, -0.1) is 0 Å². The number of hydrogen-bond acceptors (Lipinski definition) is 2. The predicted molar refractivity (Wildman–Crippen MR) is 58.3 cm³/mol. The quantitative estimate of drug-likeness (QED) is 0.692. The van der Waals surface area contributed by atoms with Crippen LogP contribution in [-0.4, -0.2) is 24.3 Å². The van der Waals surface area contributed by atoms with Gasteiger partial charge < -0.3 is 4.79 Å². The average molecular weight is 201 g/mol. The molecule has 2 fully saturated rings. The zero-order chi connectivity index (χ0) is 10.3. The predicted octanol–water partition coefficient (Wildman–Crippen LogP) is 1.56. The van der Waals surface area contributed by atoms with E-state index in [0.29, 0.717) is 17.8 Å². The summed E-state index contributed by atoms with van der Waals surface area (Å²) >= 11 is 0. The zero-order valence-electron chi connectivity index (χ0n) is 8.67. The number of hydrogen-bond donors (Lipinski definition) is 0. The number of nitrogens with zero attached hydrogens (tertiary/aromatic N) is 1. The number of fused-ring (bicyclic) bond motifs is 1. The van der Waals surface area contributed by atoms with Gasteiger partial charge in [0.2, 0.25) is 0 Å². The Balaban J connectivity index is 1.58. The highest BCUT2D eigenvalue weighted by Gasteiger charge is 2.55. The van der Waals surface area contributed by atoms with Crippen LogP contribution in [-0.2, 0) is 11.3 Å². The van der Waals surface area contributed by atoms with Crippen molar-refractivity contribution < 1.29 is 4.79 Å². The van der Waals surface area contributed by atoms with Gasteiger partial charge in [-0.3, -0.25) is 4.90 Å². The van der Waals surface area contributed by atoms with Crippen LogP contribution in [0.1, 0.15) is 5.56 Å². The first-order chi connectivity index (χ1) is 7.38. The molecule has 3 rings (SSSR count). The first-order valence-corrected chi connectivity index (χ1v) is 5.60. The topological polar surface area (TPSA) is 20.3 Å². The molecular weight excluding hydrogens is 186 g/mol. The van der Waals surface area contributed by atoms with E-state index < -0.39 is 0 Å². The standard InChI is InChI=1S/C13H15NO/c15-9-13-11-7-14(8-12(11)13)6-10-4-2-1-3-5-10/h1-5,9,11-13H,6-8H2. The maximum Gasteiger partial charge on any atom is 0.123 e. The molecule has 1 saturated carbocycles. The minimum Gasteiger partial charge on any atom is -0.303 e. The fraction of sp³-hybridized carbons (Fsp3) is 0.462. The minimum absolute atomic E-state index is 0.386. The van der Waals surface area contributed by atoms with Gasteiger partial charge in [-0.25, -0.2) is 0 Å². The molecule has 1 aliphatic carbocycles. The summed E-state index contributed by atoms with van der Waals surface area (Å²) in [5, 5.41) is 0. The number of benzene rings is 1. The number of aldehydes is 1. The van der Waals surface area contributed by atoms with Crippen LogP contribution >= 0.6 is 0 Å². The second kappa shape index (κ2) is 3.46. The molecule has 1 aromatic carbocycles. The van der Waals surface area contributed by atoms with Crippen LogP contribution in [0.4, 0.5) is 0 Å². The van der Waals surface area contributed by atoms with E-state index in [2.05, 4.69) is 29.2 Å². The lowest BCUT2D eigenvalue weighted by molar-refractivity contribution is -0.109. The molecule has 2 unspecified atom stereocenters. The van der Waals surface area contributed by atoms with Gasteiger partial charge in [-0.05, 0) is 17.4 Å². The second-order valence-electron chi connectivity index (χ2n) is 4.72. The molecule has 0 aromatic heterocycles. The molecule has 1 saturated heterocycles. The third-order valence-electron chi connectivity index (χ3n) is 3.74. The molecule has 1 aliphatic heterocycles. The average Bonchev–Trinajstić information content (AvgIpc) is 2.75. The van der Waals surface area contributed by atoms with Crippen LogP contribution < -0.4 is 0 Å². The van der Waals surface area contributed by atoms with Gasteiger partial charge in [0, 0.05) is 25.6 Å². The Labute approximate surface area is 89.9 Å². The van der Waals surface area contributed by atoms with Crippen molar-refractivity contribution in [3.8, 4) is 0 Å². The SMILES string of the molecule is O=CC1C2CN(Cc3ccccc3)CC12. The van der Waals surface area contributed by atoms with Gasteiger partial charge >= 0.3 is 0 Å². The van der Waals surface area contributed by atoms with E-state index in [1.165, 1.54) is 5.56 Å². The molecule has 78 valence electrons. The third kappa shape index (κ3) is 1.59. The summed E-state index contributed by atoms with van der Waals surface area (Å²) in [5.41, 5.74) is 1.38. The summed E-state index contributed by atoms with van der Waals surface area (Å²) in [6.45, 7) is 3.27. The van der Waals surface area contributed by atoms with Gasteiger partial charge in [0.25, 0.3) is 0 Å². The summed E-state index contributed by atoms with van der Waals surface area (Å²) < 4.78 is 0. The Hall–Kier alpha value is -1.15. The number of carbonyl (C=O) groups excluding carboxylic acids is 1. The van der Waals surface area contributed by atoms with Gasteiger partial charge in [0.1, 0.15) is 6.29 Å². The second-order valence-corrected chi connectivity index (χ2v) is 4.72. The molecule has 0 radical (unpaired) electrons. The molecule has 2 atom stereocenters. The molecule has 2 nitrogen and oxygen atoms in total. The smallest absolute Gasteiger partial charge is 0.123 e. The number of piperidine rings is 1. The maximum atomic E-state index is 10.6. The van der Waals surface area contributed by atoms with Crippen LogP contribution in [0.3, 0.4) is 0 Å². The first-order valence-electron chi connectivity index (χ1n) is 5.60. The van der Waals surface area contributed by atoms with Crippen LogP contribution in [0.15, 0.2) is 30.3 Å². The Bertz CT molecular complexity index is 350. The van der Waals surface area contributed by atoms with Gasteiger partial charge in [-0.2, -0.15) is 0 Å². The lowest BCUT2D eigenvalue weighted by Crippen LogP contribution is -2.24. The Morgan fingerprint density at radius 2 is 1.87 bits per heavy atom. The van der Waals surface area contributed by atoms with Crippen LogP contribution in [0, 0.1) is 17.8 Å². The van der Waals surface area contributed by atoms with E-state index in [1.807, 2.05) is 6.07 Å². The van der Waals surface area contributed by atoms with Crippen molar-refractivity contribution in [3.05, 3.63) is 35.9 Å². The van der Waals surface area contributed by atoms with Crippen LogP contribution in [0.25, 0.3) is 0 Å².